The van der Waals surface area contributed by atoms with E-state index in [0.29, 0.717) is 30.9 Å². The SMILES string of the molecule is CNCCCN1c2ccc(-c3ccccc3)cc2N(c2ccccc2F)S1(=O)=O. The maximum absolute atomic E-state index is 14.6. The third-order valence-electron chi connectivity index (χ3n) is 4.94. The highest BCUT2D eigenvalue weighted by molar-refractivity contribution is 7.95. The Morgan fingerprint density at radius 1 is 0.862 bits per heavy atom. The minimum Gasteiger partial charge on any atom is -0.320 e. The standard InChI is InChI=1S/C22H22FN3O2S/c1-24-14-7-15-25-21-13-12-18(17-8-3-2-4-9-17)16-22(21)26(29(25,27)28)20-11-6-5-10-19(20)23/h2-6,8-13,16,24H,7,14-15H2,1H3. The van der Waals surface area contributed by atoms with Gasteiger partial charge in [0.25, 0.3) is 0 Å². The zero-order valence-corrected chi connectivity index (χ0v) is 16.9. The number of hydrogen-bond donors (Lipinski definition) is 1. The molecule has 1 N–H and O–H groups in total. The molecule has 3 aromatic rings. The Morgan fingerprint density at radius 2 is 1.59 bits per heavy atom. The van der Waals surface area contributed by atoms with Crippen LogP contribution in [0.1, 0.15) is 6.42 Å². The topological polar surface area (TPSA) is 52.6 Å². The third-order valence-corrected chi connectivity index (χ3v) is 6.73. The molecule has 1 aliphatic heterocycles. The maximum Gasteiger partial charge on any atom is 0.331 e. The van der Waals surface area contributed by atoms with Gasteiger partial charge in [-0.3, -0.25) is 4.31 Å². The lowest BCUT2D eigenvalue weighted by Crippen LogP contribution is -2.37. The molecule has 1 heterocycles. The molecule has 0 atom stereocenters. The van der Waals surface area contributed by atoms with Gasteiger partial charge in [0.15, 0.2) is 0 Å². The highest BCUT2D eigenvalue weighted by atomic mass is 32.2. The number of anilines is 3. The number of halogens is 1. The first-order chi connectivity index (χ1) is 14.0. The normalized spacial score (nSPS) is 14.8. The summed E-state index contributed by atoms with van der Waals surface area (Å²) in [6.45, 7) is 0.995. The van der Waals surface area contributed by atoms with Gasteiger partial charge < -0.3 is 5.32 Å². The van der Waals surface area contributed by atoms with Crippen LogP contribution in [0.15, 0.2) is 72.8 Å². The molecule has 7 heteroatoms. The Labute approximate surface area is 170 Å². The quantitative estimate of drug-likeness (QED) is 0.615. The van der Waals surface area contributed by atoms with Gasteiger partial charge in [-0.15, -0.1) is 0 Å². The van der Waals surface area contributed by atoms with Crippen molar-refractivity contribution in [1.29, 1.82) is 0 Å². The van der Waals surface area contributed by atoms with Crippen LogP contribution in [0.4, 0.5) is 21.5 Å². The van der Waals surface area contributed by atoms with E-state index in [1.165, 1.54) is 16.4 Å². The van der Waals surface area contributed by atoms with Gasteiger partial charge in [0.1, 0.15) is 5.82 Å². The van der Waals surface area contributed by atoms with E-state index in [9.17, 15) is 12.8 Å². The van der Waals surface area contributed by atoms with E-state index in [1.807, 2.05) is 49.5 Å². The van der Waals surface area contributed by atoms with Crippen LogP contribution in [0.5, 0.6) is 0 Å². The predicted octanol–water partition coefficient (Wildman–Crippen LogP) is 4.31. The summed E-state index contributed by atoms with van der Waals surface area (Å²) in [5, 5.41) is 3.03. The molecule has 0 unspecified atom stereocenters. The van der Waals surface area contributed by atoms with Crippen LogP contribution in [-0.2, 0) is 10.2 Å². The number of para-hydroxylation sites is 1. The van der Waals surface area contributed by atoms with E-state index < -0.39 is 16.0 Å². The summed E-state index contributed by atoms with van der Waals surface area (Å²) >= 11 is 0. The van der Waals surface area contributed by atoms with Crippen LogP contribution in [-0.4, -0.2) is 28.6 Å². The monoisotopic (exact) mass is 411 g/mol. The predicted molar refractivity (Wildman–Crippen MR) is 115 cm³/mol. The first kappa shape index (κ1) is 19.4. The summed E-state index contributed by atoms with van der Waals surface area (Å²) in [4.78, 5) is 0. The summed E-state index contributed by atoms with van der Waals surface area (Å²) < 4.78 is 43.9. The lowest BCUT2D eigenvalue weighted by molar-refractivity contribution is 0.588. The highest BCUT2D eigenvalue weighted by Crippen LogP contribution is 2.47. The lowest BCUT2D eigenvalue weighted by atomic mass is 10.0. The second-order valence-electron chi connectivity index (χ2n) is 6.82. The summed E-state index contributed by atoms with van der Waals surface area (Å²) in [6.07, 6.45) is 0.640. The molecule has 0 spiro atoms. The molecular formula is C22H22FN3O2S. The summed E-state index contributed by atoms with van der Waals surface area (Å²) in [6, 6.07) is 21.2. The number of nitrogens with one attached hydrogen (secondary N) is 1. The number of fused-ring (bicyclic) bond motifs is 1. The van der Waals surface area contributed by atoms with E-state index >= 15 is 0 Å². The van der Waals surface area contributed by atoms with Crippen LogP contribution >= 0.6 is 0 Å². The van der Waals surface area contributed by atoms with E-state index in [1.54, 1.807) is 18.2 Å². The Hall–Kier alpha value is -2.90. The lowest BCUT2D eigenvalue weighted by Gasteiger charge is -2.22. The van der Waals surface area contributed by atoms with Crippen molar-refractivity contribution in [3.8, 4) is 11.1 Å². The fourth-order valence-electron chi connectivity index (χ4n) is 3.56. The van der Waals surface area contributed by atoms with Crippen LogP contribution in [0.3, 0.4) is 0 Å². The van der Waals surface area contributed by atoms with Crippen molar-refractivity contribution >= 4 is 27.3 Å². The van der Waals surface area contributed by atoms with Crippen LogP contribution < -0.4 is 13.9 Å². The molecule has 0 aliphatic carbocycles. The van der Waals surface area contributed by atoms with Gasteiger partial charge in [-0.1, -0.05) is 48.5 Å². The van der Waals surface area contributed by atoms with E-state index in [0.717, 1.165) is 15.4 Å². The second kappa shape index (κ2) is 7.85. The Bertz CT molecular complexity index is 1120. The molecule has 0 radical (unpaired) electrons. The molecule has 0 saturated carbocycles. The average molecular weight is 412 g/mol. The Kier molecular flexibility index (Phi) is 5.25. The number of hydrogen-bond acceptors (Lipinski definition) is 3. The van der Waals surface area contributed by atoms with Crippen molar-refractivity contribution in [3.63, 3.8) is 0 Å². The fourth-order valence-corrected chi connectivity index (χ4v) is 5.31. The van der Waals surface area contributed by atoms with Crippen molar-refractivity contribution in [2.24, 2.45) is 0 Å². The molecule has 0 saturated heterocycles. The van der Waals surface area contributed by atoms with E-state index in [4.69, 9.17) is 0 Å². The highest BCUT2D eigenvalue weighted by Gasteiger charge is 2.42. The van der Waals surface area contributed by atoms with Crippen molar-refractivity contribution in [2.75, 3.05) is 28.7 Å². The summed E-state index contributed by atoms with van der Waals surface area (Å²) in [7, 11) is -2.12. The molecule has 29 heavy (non-hydrogen) atoms. The van der Waals surface area contributed by atoms with Gasteiger partial charge in [0.05, 0.1) is 17.1 Å². The minimum absolute atomic E-state index is 0.0232. The van der Waals surface area contributed by atoms with E-state index in [2.05, 4.69) is 5.32 Å². The average Bonchev–Trinajstić information content (AvgIpc) is 2.95. The van der Waals surface area contributed by atoms with Crippen molar-refractivity contribution in [1.82, 2.24) is 5.32 Å². The molecule has 150 valence electrons. The van der Waals surface area contributed by atoms with Gasteiger partial charge in [-0.25, -0.2) is 8.70 Å². The molecule has 3 aromatic carbocycles. The molecule has 5 nitrogen and oxygen atoms in total. The van der Waals surface area contributed by atoms with Crippen LogP contribution in [0.25, 0.3) is 11.1 Å². The van der Waals surface area contributed by atoms with Crippen molar-refractivity contribution in [3.05, 3.63) is 78.6 Å². The Balaban J connectivity index is 1.87. The largest absolute Gasteiger partial charge is 0.331 e. The zero-order chi connectivity index (χ0) is 20.4. The van der Waals surface area contributed by atoms with Crippen LogP contribution in [0.2, 0.25) is 0 Å². The van der Waals surface area contributed by atoms with Gasteiger partial charge in [-0.2, -0.15) is 8.42 Å². The third kappa shape index (κ3) is 3.47. The van der Waals surface area contributed by atoms with Gasteiger partial charge in [0.2, 0.25) is 0 Å². The smallest absolute Gasteiger partial charge is 0.320 e. The first-order valence-corrected chi connectivity index (χ1v) is 10.9. The zero-order valence-electron chi connectivity index (χ0n) is 16.0. The summed E-state index contributed by atoms with van der Waals surface area (Å²) in [5.74, 6) is -0.579. The second-order valence-corrected chi connectivity index (χ2v) is 8.52. The van der Waals surface area contributed by atoms with Gasteiger partial charge >= 0.3 is 10.2 Å². The van der Waals surface area contributed by atoms with Gasteiger partial charge in [-0.05, 0) is 55.4 Å². The van der Waals surface area contributed by atoms with E-state index in [-0.39, 0.29) is 5.69 Å². The maximum atomic E-state index is 14.6. The molecular weight excluding hydrogens is 389 g/mol. The molecule has 0 bridgehead atoms. The Morgan fingerprint density at radius 3 is 2.31 bits per heavy atom. The van der Waals surface area contributed by atoms with Crippen molar-refractivity contribution < 1.29 is 12.8 Å². The first-order valence-electron chi connectivity index (χ1n) is 9.45. The molecule has 1 aliphatic rings. The molecule has 4 rings (SSSR count). The molecule has 0 aromatic heterocycles. The molecule has 0 fully saturated rings. The number of rotatable bonds is 6. The fraction of sp³-hybridized carbons (Fsp3) is 0.182. The number of benzene rings is 3. The minimum atomic E-state index is -3.94. The van der Waals surface area contributed by atoms with Crippen molar-refractivity contribution in [2.45, 2.75) is 6.42 Å². The molecule has 0 amide bonds. The van der Waals surface area contributed by atoms with Gasteiger partial charge in [0, 0.05) is 6.54 Å². The van der Waals surface area contributed by atoms with Crippen LogP contribution in [0, 0.1) is 5.82 Å². The number of nitrogens with zero attached hydrogens (tertiary/aromatic N) is 2. The summed E-state index contributed by atoms with van der Waals surface area (Å²) in [5.41, 5.74) is 2.88.